The van der Waals surface area contributed by atoms with Gasteiger partial charge in [0.2, 0.25) is 0 Å². The molecule has 0 saturated carbocycles. The van der Waals surface area contributed by atoms with Gasteiger partial charge in [-0.1, -0.05) is 206 Å². The van der Waals surface area contributed by atoms with E-state index in [-0.39, 0.29) is 0 Å². The Labute approximate surface area is 495 Å². The summed E-state index contributed by atoms with van der Waals surface area (Å²) in [6.45, 7) is 0. The van der Waals surface area contributed by atoms with Crippen molar-refractivity contribution in [3.05, 3.63) is 316 Å². The van der Waals surface area contributed by atoms with Crippen molar-refractivity contribution in [1.29, 1.82) is 0 Å². The van der Waals surface area contributed by atoms with Gasteiger partial charge in [-0.05, 0) is 119 Å². The third-order valence-electron chi connectivity index (χ3n) is 17.3. The maximum Gasteiger partial charge on any atom is 0.0809 e. The number of fused-ring (bicyclic) bond motifs is 13. The first-order valence-corrected chi connectivity index (χ1v) is 29.3. The van der Waals surface area contributed by atoms with Gasteiger partial charge in [-0.15, -0.1) is 0 Å². The van der Waals surface area contributed by atoms with Gasteiger partial charge in [0, 0.05) is 89.4 Å². The first-order chi connectivity index (χ1) is 42.7. The molecule has 6 heteroatoms. The highest BCUT2D eigenvalue weighted by atomic mass is 15.0. The molecule has 0 amide bonds. The van der Waals surface area contributed by atoms with E-state index in [9.17, 15) is 0 Å². The summed E-state index contributed by atoms with van der Waals surface area (Å²) >= 11 is 0. The highest BCUT2D eigenvalue weighted by molar-refractivity contribution is 6.23. The highest BCUT2D eigenvalue weighted by Gasteiger charge is 2.24. The van der Waals surface area contributed by atoms with Crippen LogP contribution in [0.5, 0.6) is 0 Å². The van der Waals surface area contributed by atoms with Gasteiger partial charge in [0.05, 0.1) is 55.5 Å². The maximum atomic E-state index is 5.10. The summed E-state index contributed by atoms with van der Waals surface area (Å²) in [6.07, 6.45) is 3.91. The van der Waals surface area contributed by atoms with Crippen molar-refractivity contribution >= 4 is 98.0 Å². The minimum atomic E-state index is 1.00. The lowest BCUT2D eigenvalue weighted by Crippen LogP contribution is -1.94. The van der Waals surface area contributed by atoms with Crippen LogP contribution < -0.4 is 0 Å². The van der Waals surface area contributed by atoms with E-state index < -0.39 is 0 Å². The normalized spacial score (nSPS) is 11.7. The first-order valence-electron chi connectivity index (χ1n) is 29.3. The van der Waals surface area contributed by atoms with E-state index >= 15 is 0 Å². The summed E-state index contributed by atoms with van der Waals surface area (Å²) in [6, 6.07) is 108. The zero-order chi connectivity index (χ0) is 56.7. The number of nitrogens with zero attached hydrogens (tertiary/aromatic N) is 6. The van der Waals surface area contributed by atoms with Crippen molar-refractivity contribution in [2.45, 2.75) is 0 Å². The first kappa shape index (κ1) is 49.0. The lowest BCUT2D eigenvalue weighted by molar-refractivity contribution is 1.17. The van der Waals surface area contributed by atoms with Crippen LogP contribution in [0, 0.1) is 0 Å². The minimum absolute atomic E-state index is 1.00. The van der Waals surface area contributed by atoms with Crippen LogP contribution in [0.3, 0.4) is 0 Å². The van der Waals surface area contributed by atoms with Crippen LogP contribution in [-0.4, -0.2) is 28.2 Å². The molecule has 0 N–H and O–H groups in total. The molecule has 0 aliphatic carbocycles. The average Bonchev–Trinajstić information content (AvgIpc) is 1.77. The molecule has 0 spiro atoms. The maximum absolute atomic E-state index is 5.10. The fourth-order valence-corrected chi connectivity index (χ4v) is 13.7. The lowest BCUT2D eigenvalue weighted by atomic mass is 10.00. The Hall–Kier alpha value is -11.6. The fourth-order valence-electron chi connectivity index (χ4n) is 13.7. The van der Waals surface area contributed by atoms with Crippen molar-refractivity contribution in [1.82, 2.24) is 28.2 Å². The number of rotatable bonds is 7. The van der Waals surface area contributed by atoms with E-state index in [1.165, 1.54) is 98.1 Å². The summed E-state index contributed by atoms with van der Waals surface area (Å²) in [4.78, 5) is 10.2. The highest BCUT2D eigenvalue weighted by Crippen LogP contribution is 2.45. The van der Waals surface area contributed by atoms with Crippen LogP contribution in [0.25, 0.3) is 154 Å². The van der Waals surface area contributed by atoms with E-state index in [2.05, 4.69) is 322 Å². The Morgan fingerprint density at radius 2 is 0.547 bits per heavy atom. The van der Waals surface area contributed by atoms with Gasteiger partial charge in [-0.25, -0.2) is 0 Å². The smallest absolute Gasteiger partial charge is 0.0809 e. The molecule has 0 bridgehead atoms. The van der Waals surface area contributed by atoms with Crippen molar-refractivity contribution in [3.8, 4) is 56.4 Å². The molecule has 0 aliphatic rings. The molecule has 18 aromatic rings. The van der Waals surface area contributed by atoms with Crippen LogP contribution in [-0.2, 0) is 0 Å². The molecule has 0 atom stereocenters. The molecule has 6 nitrogen and oxygen atoms in total. The molecule has 18 rings (SSSR count). The number of pyridine rings is 2. The third-order valence-corrected chi connectivity index (χ3v) is 17.3. The fraction of sp³-hybridized carbons (Fsp3) is 0. The topological polar surface area (TPSA) is 45.5 Å². The van der Waals surface area contributed by atoms with Crippen LogP contribution >= 0.6 is 0 Å². The van der Waals surface area contributed by atoms with E-state index in [1.807, 2.05) is 12.4 Å². The monoisotopic (exact) mass is 1100 g/mol. The Morgan fingerprint density at radius 1 is 0.209 bits per heavy atom. The van der Waals surface area contributed by atoms with Gasteiger partial charge in [-0.2, -0.15) is 0 Å². The molecule has 6 aromatic heterocycles. The minimum Gasteiger partial charge on any atom is -0.309 e. The number of para-hydroxylation sites is 6. The zero-order valence-electron chi connectivity index (χ0n) is 46.7. The predicted octanol–water partition coefficient (Wildman–Crippen LogP) is 20.7. The van der Waals surface area contributed by atoms with Gasteiger partial charge in [0.15, 0.2) is 0 Å². The largest absolute Gasteiger partial charge is 0.309 e. The molecular formula is C80H52N6. The van der Waals surface area contributed by atoms with Gasteiger partial charge >= 0.3 is 0 Å². The molecule has 6 heterocycles. The van der Waals surface area contributed by atoms with E-state index in [0.29, 0.717) is 0 Å². The van der Waals surface area contributed by atoms with Crippen molar-refractivity contribution in [2.24, 2.45) is 0 Å². The molecular weight excluding hydrogens is 1040 g/mol. The van der Waals surface area contributed by atoms with Crippen LogP contribution in [0.1, 0.15) is 0 Å². The molecule has 86 heavy (non-hydrogen) atoms. The second kappa shape index (κ2) is 20.1. The predicted molar refractivity (Wildman–Crippen MR) is 360 cm³/mol. The Morgan fingerprint density at radius 3 is 1.02 bits per heavy atom. The van der Waals surface area contributed by atoms with Crippen molar-refractivity contribution in [3.63, 3.8) is 0 Å². The quantitative estimate of drug-likeness (QED) is 0.160. The lowest BCUT2D eigenvalue weighted by Gasteiger charge is -2.11. The molecule has 402 valence electrons. The SMILES string of the molecule is c1ccc(-c2ccc(-n3c4ccccc4c4c(-c5nccc6c5c5ccccc5n6-c5ccccc5)cccc43)cc2)cc1.c1ccc(-n2c3ccccc3c3c(-c4cccc5c4c4ccccc4n5-c4ccc5ccccc5c4)nccc32)cc1. The van der Waals surface area contributed by atoms with Gasteiger partial charge in [-0.3, -0.25) is 9.97 Å². The summed E-state index contributed by atoms with van der Waals surface area (Å²) < 4.78 is 9.49. The summed E-state index contributed by atoms with van der Waals surface area (Å²) in [5.41, 5.74) is 20.7. The Kier molecular flexibility index (Phi) is 11.5. The van der Waals surface area contributed by atoms with E-state index in [4.69, 9.17) is 9.97 Å². The third kappa shape index (κ3) is 7.74. The van der Waals surface area contributed by atoms with Gasteiger partial charge in [0.25, 0.3) is 0 Å². The molecule has 0 radical (unpaired) electrons. The second-order valence-electron chi connectivity index (χ2n) is 22.0. The number of aromatic nitrogens is 6. The molecule has 0 saturated heterocycles. The number of hydrogen-bond donors (Lipinski definition) is 0. The number of benzene rings is 12. The van der Waals surface area contributed by atoms with Crippen LogP contribution in [0.4, 0.5) is 0 Å². The summed E-state index contributed by atoms with van der Waals surface area (Å²) in [7, 11) is 0. The Balaban J connectivity index is 0.000000135. The summed E-state index contributed by atoms with van der Waals surface area (Å²) in [5.74, 6) is 0. The van der Waals surface area contributed by atoms with E-state index in [1.54, 1.807) is 0 Å². The second-order valence-corrected chi connectivity index (χ2v) is 22.0. The van der Waals surface area contributed by atoms with Crippen LogP contribution in [0.2, 0.25) is 0 Å². The molecule has 12 aromatic carbocycles. The van der Waals surface area contributed by atoms with E-state index in [0.717, 1.165) is 56.3 Å². The van der Waals surface area contributed by atoms with Gasteiger partial charge in [0.1, 0.15) is 0 Å². The van der Waals surface area contributed by atoms with Crippen LogP contribution in [0.15, 0.2) is 316 Å². The van der Waals surface area contributed by atoms with Crippen molar-refractivity contribution < 1.29 is 0 Å². The average molecular weight is 1100 g/mol. The van der Waals surface area contributed by atoms with Crippen molar-refractivity contribution in [2.75, 3.05) is 0 Å². The Bertz CT molecular complexity index is 5630. The van der Waals surface area contributed by atoms with Gasteiger partial charge < -0.3 is 18.3 Å². The standard InChI is InChI=1S/C41H27N3.C39H25N3/c1-3-12-28(13-4-1)29-22-24-31(25-23-29)44-35-19-9-7-16-32(35)39-34(18-11-21-37(39)44)41-40-33-17-8-10-20-36(33)43(38(40)26-27-42-41)30-14-5-2-6-15-30;1-2-13-28(14-3-1)41-34-19-9-7-16-31(34)38-36(41)23-24-40-39(38)32-17-10-20-35-37(32)30-15-6-8-18-33(30)42(35)29-22-21-26-11-4-5-12-27(26)25-29/h1-27H;1-25H. The number of hydrogen-bond acceptors (Lipinski definition) is 2. The molecule has 0 aliphatic heterocycles. The molecule has 0 fully saturated rings. The summed E-state index contributed by atoms with van der Waals surface area (Å²) in [5, 5.41) is 12.1. The zero-order valence-corrected chi connectivity index (χ0v) is 46.7. The molecule has 0 unspecified atom stereocenters.